The summed E-state index contributed by atoms with van der Waals surface area (Å²) in [7, 11) is 0. The normalized spacial score (nSPS) is 28.4. The number of anilines is 1. The molecule has 0 amide bonds. The van der Waals surface area contributed by atoms with E-state index < -0.39 is 5.97 Å². The summed E-state index contributed by atoms with van der Waals surface area (Å²) in [6, 6.07) is 0.424. The number of hydrogen-bond donors (Lipinski definition) is 1. The Morgan fingerprint density at radius 1 is 1.44 bits per heavy atom. The van der Waals surface area contributed by atoms with Gasteiger partial charge in [0.15, 0.2) is 5.13 Å². The molecule has 5 heteroatoms. The molecule has 1 fully saturated rings. The topological polar surface area (TPSA) is 53.4 Å². The van der Waals surface area contributed by atoms with E-state index in [0.29, 0.717) is 28.4 Å². The van der Waals surface area contributed by atoms with Gasteiger partial charge in [0.25, 0.3) is 0 Å². The minimum Gasteiger partial charge on any atom is -0.477 e. The number of aromatic nitrogens is 1. The van der Waals surface area contributed by atoms with E-state index in [2.05, 4.69) is 30.7 Å². The molecule has 1 N–H and O–H groups in total. The van der Waals surface area contributed by atoms with Crippen LogP contribution in [0.25, 0.3) is 0 Å². The van der Waals surface area contributed by atoms with Crippen LogP contribution in [-0.2, 0) is 0 Å². The number of carbonyl (C=O) groups is 1. The molecule has 1 aliphatic heterocycles. The molecule has 1 aromatic rings. The van der Waals surface area contributed by atoms with Crippen molar-refractivity contribution in [3.63, 3.8) is 0 Å². The smallest absolute Gasteiger partial charge is 0.347 e. The molecule has 0 aromatic carbocycles. The number of aromatic carboxylic acids is 1. The lowest BCUT2D eigenvalue weighted by molar-refractivity contribution is 0.0701. The van der Waals surface area contributed by atoms with Crippen molar-refractivity contribution in [2.45, 2.75) is 40.2 Å². The SMILES string of the molecule is Cc1nc(N2CC(C)CC(C)C2C)sc1C(=O)O. The van der Waals surface area contributed by atoms with E-state index in [1.54, 1.807) is 6.92 Å². The monoisotopic (exact) mass is 268 g/mol. The Labute approximate surface area is 112 Å². The second kappa shape index (κ2) is 4.88. The highest BCUT2D eigenvalue weighted by Gasteiger charge is 2.31. The lowest BCUT2D eigenvalue weighted by atomic mass is 9.86. The highest BCUT2D eigenvalue weighted by atomic mass is 32.1. The average Bonchev–Trinajstić information content (AvgIpc) is 2.65. The van der Waals surface area contributed by atoms with Crippen LogP contribution in [0.1, 0.15) is 42.6 Å². The van der Waals surface area contributed by atoms with Gasteiger partial charge in [-0.25, -0.2) is 9.78 Å². The van der Waals surface area contributed by atoms with Crippen molar-refractivity contribution < 1.29 is 9.90 Å². The summed E-state index contributed by atoms with van der Waals surface area (Å²) in [6.07, 6.45) is 1.23. The minimum atomic E-state index is -0.873. The summed E-state index contributed by atoms with van der Waals surface area (Å²) in [5.41, 5.74) is 0.626. The van der Waals surface area contributed by atoms with Crippen molar-refractivity contribution in [3.8, 4) is 0 Å². The van der Waals surface area contributed by atoms with E-state index in [0.717, 1.165) is 11.7 Å². The number of carboxylic acids is 1. The van der Waals surface area contributed by atoms with Crippen LogP contribution in [0.15, 0.2) is 0 Å². The number of piperidine rings is 1. The molecular formula is C13H20N2O2S. The number of thiazole rings is 1. The maximum Gasteiger partial charge on any atom is 0.347 e. The summed E-state index contributed by atoms with van der Waals surface area (Å²) in [5, 5.41) is 9.96. The van der Waals surface area contributed by atoms with Gasteiger partial charge in [-0.05, 0) is 32.1 Å². The Balaban J connectivity index is 2.30. The predicted octanol–water partition coefficient (Wildman–Crippen LogP) is 3.02. The zero-order valence-electron chi connectivity index (χ0n) is 11.3. The van der Waals surface area contributed by atoms with Crippen LogP contribution in [0.3, 0.4) is 0 Å². The molecule has 1 aliphatic rings. The molecule has 2 rings (SSSR count). The first-order chi connectivity index (χ1) is 8.40. The molecule has 1 saturated heterocycles. The van der Waals surface area contributed by atoms with Gasteiger partial charge < -0.3 is 10.0 Å². The van der Waals surface area contributed by atoms with Crippen LogP contribution < -0.4 is 4.90 Å². The Morgan fingerprint density at radius 2 is 2.11 bits per heavy atom. The first-order valence-electron chi connectivity index (χ1n) is 6.37. The number of nitrogens with zero attached hydrogens (tertiary/aromatic N) is 2. The number of hydrogen-bond acceptors (Lipinski definition) is 4. The van der Waals surface area contributed by atoms with Gasteiger partial charge in [0, 0.05) is 12.6 Å². The zero-order chi connectivity index (χ0) is 13.4. The van der Waals surface area contributed by atoms with Crippen LogP contribution in [0.4, 0.5) is 5.13 Å². The molecule has 18 heavy (non-hydrogen) atoms. The second-order valence-corrected chi connectivity index (χ2v) is 6.40. The lowest BCUT2D eigenvalue weighted by Crippen LogP contribution is -2.45. The van der Waals surface area contributed by atoms with Crippen molar-refractivity contribution >= 4 is 22.4 Å². The molecule has 0 spiro atoms. The van der Waals surface area contributed by atoms with Gasteiger partial charge >= 0.3 is 5.97 Å². The fraction of sp³-hybridized carbons (Fsp3) is 0.692. The van der Waals surface area contributed by atoms with Gasteiger partial charge in [-0.1, -0.05) is 25.2 Å². The molecule has 0 aliphatic carbocycles. The summed E-state index contributed by atoms with van der Waals surface area (Å²) < 4.78 is 0. The fourth-order valence-corrected chi connectivity index (χ4v) is 3.68. The lowest BCUT2D eigenvalue weighted by Gasteiger charge is -2.41. The maximum absolute atomic E-state index is 11.1. The molecule has 3 unspecified atom stereocenters. The summed E-state index contributed by atoms with van der Waals surface area (Å²) in [6.45, 7) is 9.44. The predicted molar refractivity (Wildman–Crippen MR) is 73.6 cm³/mol. The highest BCUT2D eigenvalue weighted by Crippen LogP contribution is 2.34. The molecule has 1 aromatic heterocycles. The third-order valence-electron chi connectivity index (χ3n) is 3.82. The molecule has 0 saturated carbocycles. The third-order valence-corrected chi connectivity index (χ3v) is 5.01. The van der Waals surface area contributed by atoms with Crippen molar-refractivity contribution in [2.24, 2.45) is 11.8 Å². The first-order valence-corrected chi connectivity index (χ1v) is 7.19. The van der Waals surface area contributed by atoms with Crippen molar-refractivity contribution in [1.29, 1.82) is 0 Å². The summed E-state index contributed by atoms with van der Waals surface area (Å²) >= 11 is 1.30. The van der Waals surface area contributed by atoms with E-state index in [1.165, 1.54) is 17.8 Å². The number of aryl methyl sites for hydroxylation is 1. The second-order valence-electron chi connectivity index (χ2n) is 5.43. The third kappa shape index (κ3) is 2.36. The Morgan fingerprint density at radius 3 is 2.67 bits per heavy atom. The zero-order valence-corrected chi connectivity index (χ0v) is 12.1. The van der Waals surface area contributed by atoms with E-state index in [9.17, 15) is 4.79 Å². The van der Waals surface area contributed by atoms with Gasteiger partial charge in [-0.3, -0.25) is 0 Å². The van der Waals surface area contributed by atoms with Gasteiger partial charge in [0.1, 0.15) is 4.88 Å². The van der Waals surface area contributed by atoms with Gasteiger partial charge in [-0.2, -0.15) is 0 Å². The molecule has 3 atom stereocenters. The summed E-state index contributed by atoms with van der Waals surface area (Å²) in [4.78, 5) is 18.1. The largest absolute Gasteiger partial charge is 0.477 e. The van der Waals surface area contributed by atoms with Crippen LogP contribution in [0, 0.1) is 18.8 Å². The van der Waals surface area contributed by atoms with Crippen LogP contribution in [-0.4, -0.2) is 28.6 Å². The quantitative estimate of drug-likeness (QED) is 0.895. The molecule has 2 heterocycles. The molecule has 4 nitrogen and oxygen atoms in total. The standard InChI is InChI=1S/C13H20N2O2S/c1-7-5-8(2)10(4)15(6-7)13-14-9(3)11(18-13)12(16)17/h7-8,10H,5-6H2,1-4H3,(H,16,17). The molecule has 100 valence electrons. The summed E-state index contributed by atoms with van der Waals surface area (Å²) in [5.74, 6) is 0.377. The molecular weight excluding hydrogens is 248 g/mol. The highest BCUT2D eigenvalue weighted by molar-refractivity contribution is 7.17. The maximum atomic E-state index is 11.1. The van der Waals surface area contributed by atoms with Crippen LogP contribution in [0.2, 0.25) is 0 Å². The Kier molecular flexibility index (Phi) is 3.61. The first kappa shape index (κ1) is 13.3. The van der Waals surface area contributed by atoms with Crippen LogP contribution in [0.5, 0.6) is 0 Å². The fourth-order valence-electron chi connectivity index (χ4n) is 2.67. The molecule has 0 bridgehead atoms. The Bertz CT molecular complexity index is 458. The average molecular weight is 268 g/mol. The van der Waals surface area contributed by atoms with Gasteiger partial charge in [0.05, 0.1) is 5.69 Å². The van der Waals surface area contributed by atoms with Crippen molar-refractivity contribution in [3.05, 3.63) is 10.6 Å². The molecule has 0 radical (unpaired) electrons. The van der Waals surface area contributed by atoms with Gasteiger partial charge in [-0.15, -0.1) is 0 Å². The van der Waals surface area contributed by atoms with E-state index in [1.807, 2.05) is 0 Å². The number of carboxylic acid groups (broad SMARTS) is 1. The van der Waals surface area contributed by atoms with Crippen molar-refractivity contribution in [1.82, 2.24) is 4.98 Å². The van der Waals surface area contributed by atoms with Crippen molar-refractivity contribution in [2.75, 3.05) is 11.4 Å². The van der Waals surface area contributed by atoms with E-state index in [4.69, 9.17) is 5.11 Å². The van der Waals surface area contributed by atoms with E-state index >= 15 is 0 Å². The van der Waals surface area contributed by atoms with Crippen LogP contribution >= 0.6 is 11.3 Å². The van der Waals surface area contributed by atoms with Gasteiger partial charge in [0.2, 0.25) is 0 Å². The van der Waals surface area contributed by atoms with E-state index in [-0.39, 0.29) is 0 Å². The Hall–Kier alpha value is -1.10. The number of rotatable bonds is 2. The minimum absolute atomic E-state index is 0.364.